The van der Waals surface area contributed by atoms with Crippen molar-refractivity contribution in [2.75, 3.05) is 12.8 Å². The Bertz CT molecular complexity index is 1220. The molecule has 2 aromatic heterocycles. The lowest BCUT2D eigenvalue weighted by molar-refractivity contribution is 0.493. The van der Waals surface area contributed by atoms with Crippen LogP contribution in [-0.2, 0) is 15.2 Å². The summed E-state index contributed by atoms with van der Waals surface area (Å²) in [5.74, 6) is 2.83. The number of nitrogens with two attached hydrogens (primary N) is 1. The Morgan fingerprint density at radius 2 is 2.10 bits per heavy atom. The molecule has 0 aliphatic carbocycles. The molecule has 0 saturated heterocycles. The average Bonchev–Trinajstić information content (AvgIpc) is 3.30. The molecule has 3 aromatic rings. The molecule has 7 nitrogen and oxygen atoms in total. The van der Waals surface area contributed by atoms with Crippen molar-refractivity contribution in [1.29, 1.82) is 0 Å². The third-order valence-electron chi connectivity index (χ3n) is 4.70. The lowest BCUT2D eigenvalue weighted by Crippen LogP contribution is -2.50. The highest BCUT2D eigenvalue weighted by Gasteiger charge is 2.40. The van der Waals surface area contributed by atoms with E-state index in [-0.39, 0.29) is 28.0 Å². The van der Waals surface area contributed by atoms with Gasteiger partial charge >= 0.3 is 0 Å². The fourth-order valence-corrected chi connectivity index (χ4v) is 6.09. The van der Waals surface area contributed by atoms with Gasteiger partial charge in [-0.1, -0.05) is 0 Å². The molecule has 11 heteroatoms. The Kier molecular flexibility index (Phi) is 4.46. The standard InChI is InChI=1S/C18H17F2N5O2S2/c1-18(8-29(3,26)25(2)17(21)23-18)15-13(20)7-14(28-15)11-6-10(4-5-12(11)19)16-24-22-9-27-16/h4-7,9H,3,8H2,1-2H3,(H2,21,23)/t18-,29?/m0/s1. The van der Waals surface area contributed by atoms with Crippen molar-refractivity contribution in [3.8, 4) is 21.9 Å². The second-order valence-corrected chi connectivity index (χ2v) is 10.3. The van der Waals surface area contributed by atoms with Gasteiger partial charge in [-0.2, -0.15) is 0 Å². The van der Waals surface area contributed by atoms with Crippen molar-refractivity contribution >= 4 is 32.9 Å². The van der Waals surface area contributed by atoms with E-state index in [1.807, 2.05) is 0 Å². The van der Waals surface area contributed by atoms with E-state index in [9.17, 15) is 13.0 Å². The van der Waals surface area contributed by atoms with Gasteiger partial charge in [0.1, 0.15) is 17.2 Å². The minimum atomic E-state index is -2.77. The highest BCUT2D eigenvalue weighted by molar-refractivity contribution is 7.98. The molecular formula is C18H17F2N5O2S2. The van der Waals surface area contributed by atoms with Crippen LogP contribution in [0.1, 0.15) is 11.8 Å². The van der Waals surface area contributed by atoms with E-state index < -0.39 is 26.9 Å². The zero-order chi connectivity index (χ0) is 21.0. The van der Waals surface area contributed by atoms with Crippen LogP contribution in [0.25, 0.3) is 21.9 Å². The molecule has 3 heterocycles. The number of benzene rings is 1. The van der Waals surface area contributed by atoms with Crippen LogP contribution in [-0.4, -0.2) is 43.3 Å². The first-order valence-corrected chi connectivity index (χ1v) is 11.1. The third kappa shape index (κ3) is 3.29. The first-order chi connectivity index (χ1) is 13.6. The summed E-state index contributed by atoms with van der Waals surface area (Å²) < 4.78 is 48.7. The minimum Gasteiger partial charge on any atom is -0.423 e. The fourth-order valence-electron chi connectivity index (χ4n) is 3.19. The minimum absolute atomic E-state index is 0.0117. The molecular weight excluding hydrogens is 420 g/mol. The number of halogens is 2. The van der Waals surface area contributed by atoms with Crippen molar-refractivity contribution < 1.29 is 17.4 Å². The van der Waals surface area contributed by atoms with Crippen LogP contribution in [0.4, 0.5) is 8.78 Å². The molecule has 1 aliphatic heterocycles. The van der Waals surface area contributed by atoms with E-state index in [2.05, 4.69) is 21.1 Å². The topological polar surface area (TPSA) is 97.6 Å². The van der Waals surface area contributed by atoms with Gasteiger partial charge in [-0.25, -0.2) is 18.0 Å². The van der Waals surface area contributed by atoms with Crippen molar-refractivity contribution in [3.05, 3.63) is 47.2 Å². The maximum atomic E-state index is 14.9. The molecule has 4 rings (SSSR count). The maximum absolute atomic E-state index is 14.9. The second-order valence-electron chi connectivity index (χ2n) is 6.88. The van der Waals surface area contributed by atoms with Crippen LogP contribution in [0, 0.1) is 11.6 Å². The number of hydrogen-bond donors (Lipinski definition) is 1. The summed E-state index contributed by atoms with van der Waals surface area (Å²) in [5, 5.41) is 7.41. The van der Waals surface area contributed by atoms with Crippen LogP contribution in [0.3, 0.4) is 0 Å². The summed E-state index contributed by atoms with van der Waals surface area (Å²) in [4.78, 5) is 4.91. The number of aliphatic imine (C=N–C) groups is 1. The molecule has 0 saturated carbocycles. The van der Waals surface area contributed by atoms with Crippen LogP contribution in [0.2, 0.25) is 0 Å². The number of aromatic nitrogens is 2. The average molecular weight is 437 g/mol. The van der Waals surface area contributed by atoms with E-state index in [1.54, 1.807) is 6.92 Å². The monoisotopic (exact) mass is 437 g/mol. The highest BCUT2D eigenvalue weighted by atomic mass is 32.2. The van der Waals surface area contributed by atoms with Gasteiger partial charge in [0.05, 0.1) is 20.3 Å². The molecule has 0 fully saturated rings. The zero-order valence-electron chi connectivity index (χ0n) is 15.6. The lowest BCUT2D eigenvalue weighted by atomic mass is 10.0. The van der Waals surface area contributed by atoms with Crippen molar-refractivity contribution in [3.63, 3.8) is 0 Å². The Morgan fingerprint density at radius 3 is 2.76 bits per heavy atom. The van der Waals surface area contributed by atoms with Crippen molar-refractivity contribution in [1.82, 2.24) is 14.5 Å². The highest BCUT2D eigenvalue weighted by Crippen LogP contribution is 2.42. The van der Waals surface area contributed by atoms with Gasteiger partial charge in [-0.15, -0.1) is 21.5 Å². The number of hydrogen-bond acceptors (Lipinski definition) is 7. The number of guanidine groups is 1. The normalized spacial score (nSPS) is 24.6. The number of nitrogens with zero attached hydrogens (tertiary/aromatic N) is 4. The van der Waals surface area contributed by atoms with Gasteiger partial charge in [0.2, 0.25) is 18.2 Å². The molecule has 1 aliphatic rings. The smallest absolute Gasteiger partial charge is 0.247 e. The van der Waals surface area contributed by atoms with Crippen molar-refractivity contribution in [2.24, 2.45) is 10.7 Å². The lowest BCUT2D eigenvalue weighted by Gasteiger charge is -2.36. The molecule has 2 N–H and O–H groups in total. The van der Waals surface area contributed by atoms with Gasteiger partial charge in [0.15, 0.2) is 0 Å². The van der Waals surface area contributed by atoms with Crippen LogP contribution in [0.5, 0.6) is 0 Å². The Morgan fingerprint density at radius 1 is 1.34 bits per heavy atom. The van der Waals surface area contributed by atoms with E-state index in [0.29, 0.717) is 10.4 Å². The Labute approximate surface area is 170 Å². The predicted octanol–water partition coefficient (Wildman–Crippen LogP) is 2.85. The van der Waals surface area contributed by atoms with E-state index >= 15 is 0 Å². The number of thiophene rings is 1. The quantitative estimate of drug-likeness (QED) is 0.636. The molecule has 1 aromatic carbocycles. The molecule has 0 bridgehead atoms. The number of rotatable bonds is 3. The molecule has 2 atom stereocenters. The fraction of sp³-hybridized carbons (Fsp3) is 0.222. The van der Waals surface area contributed by atoms with E-state index in [0.717, 1.165) is 11.3 Å². The molecule has 0 spiro atoms. The van der Waals surface area contributed by atoms with Crippen molar-refractivity contribution in [2.45, 2.75) is 12.5 Å². The van der Waals surface area contributed by atoms with Gasteiger partial charge in [0, 0.05) is 23.1 Å². The summed E-state index contributed by atoms with van der Waals surface area (Å²) in [6.07, 6.45) is 1.17. The zero-order valence-corrected chi connectivity index (χ0v) is 17.2. The van der Waals surface area contributed by atoms with Crippen LogP contribution < -0.4 is 5.73 Å². The summed E-state index contributed by atoms with van der Waals surface area (Å²) in [7, 11) is -1.24. The maximum Gasteiger partial charge on any atom is 0.247 e. The Balaban J connectivity index is 1.81. The van der Waals surface area contributed by atoms with Gasteiger partial charge in [-0.3, -0.25) is 4.31 Å². The molecule has 1 unspecified atom stereocenters. The first-order valence-electron chi connectivity index (χ1n) is 8.41. The van der Waals surface area contributed by atoms with Gasteiger partial charge in [0.25, 0.3) is 0 Å². The molecule has 29 heavy (non-hydrogen) atoms. The molecule has 0 amide bonds. The molecule has 0 radical (unpaired) electrons. The first kappa shape index (κ1) is 19.5. The summed E-state index contributed by atoms with van der Waals surface area (Å²) in [6, 6.07) is 5.49. The van der Waals surface area contributed by atoms with Gasteiger partial charge in [-0.05, 0) is 37.1 Å². The SMILES string of the molecule is C=S1(=O)C[C@@](C)(c2sc(-c3cc(-c4nnco4)ccc3F)cc2F)N=C(N)N1C. The summed E-state index contributed by atoms with van der Waals surface area (Å²) in [5.41, 5.74) is 5.39. The van der Waals surface area contributed by atoms with E-state index in [1.165, 1.54) is 42.0 Å². The molecule has 152 valence electrons. The van der Waals surface area contributed by atoms with Gasteiger partial charge < -0.3 is 10.2 Å². The largest absolute Gasteiger partial charge is 0.423 e. The Hall–Kier alpha value is -2.79. The summed E-state index contributed by atoms with van der Waals surface area (Å²) >= 11 is 1.03. The summed E-state index contributed by atoms with van der Waals surface area (Å²) in [6.45, 7) is 1.64. The third-order valence-corrected chi connectivity index (χ3v) is 8.30. The second kappa shape index (κ2) is 6.63. The van der Waals surface area contributed by atoms with Crippen LogP contribution >= 0.6 is 11.3 Å². The van der Waals surface area contributed by atoms with E-state index in [4.69, 9.17) is 10.2 Å². The van der Waals surface area contributed by atoms with Crippen LogP contribution in [0.15, 0.2) is 40.1 Å². The predicted molar refractivity (Wildman–Crippen MR) is 110 cm³/mol.